The molecule has 0 aliphatic carbocycles. The molecule has 1 aromatic heterocycles. The van der Waals surface area contributed by atoms with E-state index in [-0.39, 0.29) is 23.1 Å². The first kappa shape index (κ1) is 18.2. The van der Waals surface area contributed by atoms with Crippen molar-refractivity contribution in [2.24, 2.45) is 0 Å². The number of aryl methyl sites for hydroxylation is 1. The molecule has 1 fully saturated rings. The molecule has 0 atom stereocenters. The van der Waals surface area contributed by atoms with E-state index in [1.165, 1.54) is 12.1 Å². The number of likely N-dealkylation sites (N-methyl/N-ethyl adjacent to an activating group) is 1. The van der Waals surface area contributed by atoms with Crippen LogP contribution in [0.2, 0.25) is 0 Å². The van der Waals surface area contributed by atoms with Crippen molar-refractivity contribution in [1.82, 2.24) is 19.8 Å². The van der Waals surface area contributed by atoms with Gasteiger partial charge in [0.2, 0.25) is 0 Å². The summed E-state index contributed by atoms with van der Waals surface area (Å²) in [6.07, 6.45) is 0. The number of nitrogens with one attached hydrogen (secondary N) is 1. The van der Waals surface area contributed by atoms with Crippen LogP contribution in [0.1, 0.15) is 23.2 Å². The molecular weight excluding hydrogens is 340 g/mol. The number of para-hydroxylation sites is 1. The number of anilines is 2. The van der Waals surface area contributed by atoms with Gasteiger partial charge in [-0.15, -0.1) is 0 Å². The number of halogens is 2. The van der Waals surface area contributed by atoms with Gasteiger partial charge in [0, 0.05) is 32.2 Å². The van der Waals surface area contributed by atoms with Crippen molar-refractivity contribution in [3.63, 3.8) is 0 Å². The quantitative estimate of drug-likeness (QED) is 0.907. The molecule has 0 saturated carbocycles. The van der Waals surface area contributed by atoms with Gasteiger partial charge in [-0.3, -0.25) is 4.79 Å². The van der Waals surface area contributed by atoms with E-state index < -0.39 is 11.6 Å². The summed E-state index contributed by atoms with van der Waals surface area (Å²) < 4.78 is 27.7. The Balaban J connectivity index is 1.80. The molecule has 138 valence electrons. The third kappa shape index (κ3) is 3.96. The number of rotatable bonds is 4. The van der Waals surface area contributed by atoms with Crippen molar-refractivity contribution in [2.45, 2.75) is 13.8 Å². The summed E-state index contributed by atoms with van der Waals surface area (Å²) in [5.41, 5.74) is -0.0951. The number of amides is 1. The first-order valence-electron chi connectivity index (χ1n) is 8.56. The second-order valence-electron chi connectivity index (χ2n) is 6.13. The van der Waals surface area contributed by atoms with Crippen molar-refractivity contribution in [3.8, 4) is 0 Å². The smallest absolute Gasteiger partial charge is 0.272 e. The second kappa shape index (κ2) is 7.74. The fourth-order valence-corrected chi connectivity index (χ4v) is 2.92. The number of piperazine rings is 1. The summed E-state index contributed by atoms with van der Waals surface area (Å²) >= 11 is 0. The van der Waals surface area contributed by atoms with Crippen molar-refractivity contribution in [1.29, 1.82) is 0 Å². The fourth-order valence-electron chi connectivity index (χ4n) is 2.92. The molecule has 0 radical (unpaired) electrons. The van der Waals surface area contributed by atoms with E-state index in [1.54, 1.807) is 11.8 Å². The molecular formula is C18H21F2N5O. The topological polar surface area (TPSA) is 61.4 Å². The van der Waals surface area contributed by atoms with Crippen LogP contribution in [-0.4, -0.2) is 58.4 Å². The van der Waals surface area contributed by atoms with E-state index in [2.05, 4.69) is 27.1 Å². The van der Waals surface area contributed by atoms with Crippen LogP contribution in [0, 0.1) is 18.6 Å². The van der Waals surface area contributed by atoms with Crippen molar-refractivity contribution >= 4 is 17.4 Å². The summed E-state index contributed by atoms with van der Waals surface area (Å²) in [7, 11) is 0. The standard InChI is InChI=1S/C18H21F2N5O/c1-3-24-7-9-25(10-8-24)18(26)15-11-16(22-12(2)21-15)23-17-13(19)5-4-6-14(17)20/h4-6,11H,3,7-10H2,1-2H3,(H,21,22,23). The van der Waals surface area contributed by atoms with Crippen LogP contribution in [0.5, 0.6) is 0 Å². The molecule has 26 heavy (non-hydrogen) atoms. The highest BCUT2D eigenvalue weighted by Crippen LogP contribution is 2.22. The first-order chi connectivity index (χ1) is 12.5. The largest absolute Gasteiger partial charge is 0.335 e. The number of nitrogens with zero attached hydrogens (tertiary/aromatic N) is 4. The van der Waals surface area contributed by atoms with Gasteiger partial charge in [-0.05, 0) is 25.6 Å². The maximum Gasteiger partial charge on any atom is 0.272 e. The molecule has 0 bridgehead atoms. The van der Waals surface area contributed by atoms with E-state index >= 15 is 0 Å². The van der Waals surface area contributed by atoms with Crippen LogP contribution < -0.4 is 5.32 Å². The van der Waals surface area contributed by atoms with Crippen molar-refractivity contribution in [3.05, 3.63) is 47.4 Å². The van der Waals surface area contributed by atoms with Crippen LogP contribution in [-0.2, 0) is 0 Å². The Hall–Kier alpha value is -2.61. The molecule has 2 heterocycles. The minimum atomic E-state index is -0.732. The zero-order valence-electron chi connectivity index (χ0n) is 14.8. The van der Waals surface area contributed by atoms with Crippen LogP contribution in [0.25, 0.3) is 0 Å². The molecule has 0 spiro atoms. The maximum atomic E-state index is 13.8. The van der Waals surface area contributed by atoms with Crippen LogP contribution in [0.15, 0.2) is 24.3 Å². The Morgan fingerprint density at radius 2 is 1.81 bits per heavy atom. The average molecular weight is 361 g/mol. The molecule has 1 aliphatic heterocycles. The monoisotopic (exact) mass is 361 g/mol. The highest BCUT2D eigenvalue weighted by molar-refractivity contribution is 5.93. The fraction of sp³-hybridized carbons (Fsp3) is 0.389. The van der Waals surface area contributed by atoms with Gasteiger partial charge in [-0.2, -0.15) is 0 Å². The number of benzene rings is 1. The number of hydrogen-bond acceptors (Lipinski definition) is 5. The second-order valence-corrected chi connectivity index (χ2v) is 6.13. The van der Waals surface area contributed by atoms with E-state index in [0.29, 0.717) is 18.9 Å². The summed E-state index contributed by atoms with van der Waals surface area (Å²) in [5, 5.41) is 2.62. The summed E-state index contributed by atoms with van der Waals surface area (Å²) in [6, 6.07) is 5.01. The Kier molecular flexibility index (Phi) is 5.41. The molecule has 6 nitrogen and oxygen atoms in total. The first-order valence-corrected chi connectivity index (χ1v) is 8.56. The summed E-state index contributed by atoms with van der Waals surface area (Å²) in [6.45, 7) is 7.56. The van der Waals surface area contributed by atoms with Gasteiger partial charge in [0.25, 0.3) is 5.91 Å². The lowest BCUT2D eigenvalue weighted by Gasteiger charge is -2.33. The lowest BCUT2D eigenvalue weighted by Crippen LogP contribution is -2.48. The number of hydrogen-bond donors (Lipinski definition) is 1. The molecule has 3 rings (SSSR count). The van der Waals surface area contributed by atoms with Crippen molar-refractivity contribution < 1.29 is 13.6 Å². The minimum absolute atomic E-state index is 0.178. The Labute approximate surface area is 150 Å². The zero-order valence-corrected chi connectivity index (χ0v) is 14.8. The van der Waals surface area contributed by atoms with E-state index in [9.17, 15) is 13.6 Å². The van der Waals surface area contributed by atoms with Gasteiger partial charge in [0.1, 0.15) is 34.7 Å². The van der Waals surface area contributed by atoms with Crippen LogP contribution in [0.4, 0.5) is 20.3 Å². The van der Waals surface area contributed by atoms with Gasteiger partial charge in [0.05, 0.1) is 0 Å². The highest BCUT2D eigenvalue weighted by Gasteiger charge is 2.23. The minimum Gasteiger partial charge on any atom is -0.335 e. The maximum absolute atomic E-state index is 13.8. The Morgan fingerprint density at radius 3 is 2.42 bits per heavy atom. The lowest BCUT2D eigenvalue weighted by atomic mass is 10.2. The van der Waals surface area contributed by atoms with Gasteiger partial charge in [-0.25, -0.2) is 18.7 Å². The van der Waals surface area contributed by atoms with Crippen molar-refractivity contribution in [2.75, 3.05) is 38.0 Å². The SMILES string of the molecule is CCN1CCN(C(=O)c2cc(Nc3c(F)cccc3F)nc(C)n2)CC1. The normalized spacial score (nSPS) is 15.2. The zero-order chi connectivity index (χ0) is 18.7. The molecule has 2 aromatic rings. The van der Waals surface area contributed by atoms with Gasteiger partial charge < -0.3 is 15.1 Å². The molecule has 1 aliphatic rings. The Morgan fingerprint density at radius 1 is 1.15 bits per heavy atom. The molecule has 1 N–H and O–H groups in total. The molecule has 0 unspecified atom stereocenters. The average Bonchev–Trinajstić information content (AvgIpc) is 2.64. The van der Waals surface area contributed by atoms with E-state index in [0.717, 1.165) is 31.8 Å². The number of carbonyl (C=O) groups excluding carboxylic acids is 1. The summed E-state index contributed by atoms with van der Waals surface area (Å²) in [4.78, 5) is 25.1. The highest BCUT2D eigenvalue weighted by atomic mass is 19.1. The van der Waals surface area contributed by atoms with Crippen LogP contribution in [0.3, 0.4) is 0 Å². The van der Waals surface area contributed by atoms with Gasteiger partial charge >= 0.3 is 0 Å². The molecule has 8 heteroatoms. The third-order valence-corrected chi connectivity index (χ3v) is 4.38. The van der Waals surface area contributed by atoms with Crippen LogP contribution >= 0.6 is 0 Å². The predicted molar refractivity (Wildman–Crippen MR) is 94.4 cm³/mol. The third-order valence-electron chi connectivity index (χ3n) is 4.38. The van der Waals surface area contributed by atoms with Gasteiger partial charge in [-0.1, -0.05) is 13.0 Å². The molecule has 1 amide bonds. The predicted octanol–water partition coefficient (Wildman–Crippen LogP) is 2.58. The Bertz CT molecular complexity index is 786. The molecule has 1 saturated heterocycles. The van der Waals surface area contributed by atoms with E-state index in [4.69, 9.17) is 0 Å². The lowest BCUT2D eigenvalue weighted by molar-refractivity contribution is 0.0637. The number of aromatic nitrogens is 2. The summed E-state index contributed by atoms with van der Waals surface area (Å²) in [5.74, 6) is -1.14. The molecule has 1 aromatic carbocycles. The van der Waals surface area contributed by atoms with Gasteiger partial charge in [0.15, 0.2) is 0 Å². The van der Waals surface area contributed by atoms with E-state index in [1.807, 2.05) is 0 Å². The number of carbonyl (C=O) groups is 1.